The van der Waals surface area contributed by atoms with Crippen molar-refractivity contribution in [2.75, 3.05) is 14.2 Å². The molecule has 0 fully saturated rings. The first kappa shape index (κ1) is 16.5. The number of benzene rings is 2. The Morgan fingerprint density at radius 2 is 1.88 bits per heavy atom. The van der Waals surface area contributed by atoms with Crippen LogP contribution in [0.5, 0.6) is 5.75 Å². The maximum Gasteiger partial charge on any atom is 0.271 e. The molecule has 0 radical (unpaired) electrons. The zero-order valence-electron chi connectivity index (χ0n) is 13.6. The average Bonchev–Trinajstić information content (AvgIpc) is 3.04. The summed E-state index contributed by atoms with van der Waals surface area (Å²) in [6, 6.07) is 15.4. The molecule has 3 rings (SSSR count). The summed E-state index contributed by atoms with van der Waals surface area (Å²) in [5.74, 6) is 1.97. The number of halogens is 1. The van der Waals surface area contributed by atoms with Crippen LogP contribution in [0, 0.1) is 0 Å². The van der Waals surface area contributed by atoms with Crippen molar-refractivity contribution >= 4 is 11.6 Å². The lowest BCUT2D eigenvalue weighted by Gasteiger charge is -2.14. The van der Waals surface area contributed by atoms with Gasteiger partial charge in [0.25, 0.3) is 5.89 Å². The highest BCUT2D eigenvalue weighted by atomic mass is 35.5. The summed E-state index contributed by atoms with van der Waals surface area (Å²) >= 11 is 6.08. The van der Waals surface area contributed by atoms with Crippen LogP contribution in [0.1, 0.15) is 11.5 Å². The monoisotopic (exact) mass is 344 g/mol. The van der Waals surface area contributed by atoms with E-state index in [2.05, 4.69) is 17.2 Å². The molecule has 0 saturated carbocycles. The molecule has 0 aliphatic heterocycles. The van der Waals surface area contributed by atoms with Crippen LogP contribution in [0.2, 0.25) is 5.02 Å². The Hall–Kier alpha value is -2.37. The van der Waals surface area contributed by atoms with E-state index in [4.69, 9.17) is 20.8 Å². The molecule has 24 heavy (non-hydrogen) atoms. The number of hydrogen-bond acceptors (Lipinski definition) is 4. The fraction of sp³-hybridized carbons (Fsp3) is 0.222. The Morgan fingerprint density at radius 3 is 2.62 bits per heavy atom. The molecule has 1 atom stereocenters. The van der Waals surface area contributed by atoms with E-state index >= 15 is 0 Å². The molecule has 0 saturated heterocycles. The Kier molecular flexibility index (Phi) is 5.13. The average molecular weight is 345 g/mol. The van der Waals surface area contributed by atoms with Crippen LogP contribution in [-0.2, 0) is 13.1 Å². The van der Waals surface area contributed by atoms with Crippen LogP contribution in [0.3, 0.4) is 0 Å². The van der Waals surface area contributed by atoms with Crippen molar-refractivity contribution < 1.29 is 14.1 Å². The standard InChI is InChI=1S/C18H18ClN3O2/c1-22(11-14-10-15(19)8-9-16(14)23-2)12-17-20-21-18(24-17)13-6-4-3-5-7-13/h3-10H,11-12H2,1-2H3/p+1. The summed E-state index contributed by atoms with van der Waals surface area (Å²) in [6.07, 6.45) is 0. The molecule has 1 unspecified atom stereocenters. The first-order valence-corrected chi connectivity index (χ1v) is 8.05. The Bertz CT molecular complexity index is 805. The van der Waals surface area contributed by atoms with Gasteiger partial charge in [0.05, 0.1) is 14.2 Å². The fourth-order valence-electron chi connectivity index (χ4n) is 2.55. The topological polar surface area (TPSA) is 52.6 Å². The third-order valence-electron chi connectivity index (χ3n) is 3.68. The minimum absolute atomic E-state index is 0.540. The number of nitrogens with zero attached hydrogens (tertiary/aromatic N) is 2. The van der Waals surface area contributed by atoms with Crippen LogP contribution >= 0.6 is 11.6 Å². The van der Waals surface area contributed by atoms with Crippen molar-refractivity contribution in [1.29, 1.82) is 0 Å². The zero-order chi connectivity index (χ0) is 16.9. The molecule has 6 heteroatoms. The second-order valence-corrected chi connectivity index (χ2v) is 6.07. The lowest BCUT2D eigenvalue weighted by molar-refractivity contribution is -0.909. The van der Waals surface area contributed by atoms with Crippen LogP contribution in [0.15, 0.2) is 52.9 Å². The second-order valence-electron chi connectivity index (χ2n) is 5.63. The summed E-state index contributed by atoms with van der Waals surface area (Å²) in [4.78, 5) is 1.19. The van der Waals surface area contributed by atoms with Crippen LogP contribution in [0.4, 0.5) is 0 Å². The fourth-order valence-corrected chi connectivity index (χ4v) is 2.75. The van der Waals surface area contributed by atoms with Gasteiger partial charge in [-0.2, -0.15) is 0 Å². The van der Waals surface area contributed by atoms with Crippen molar-refractivity contribution in [2.45, 2.75) is 13.1 Å². The molecule has 2 aromatic carbocycles. The SMILES string of the molecule is COc1ccc(Cl)cc1C[NH+](C)Cc1nnc(-c2ccccc2)o1. The van der Waals surface area contributed by atoms with Crippen LogP contribution in [0.25, 0.3) is 11.5 Å². The Morgan fingerprint density at radius 1 is 1.08 bits per heavy atom. The quantitative estimate of drug-likeness (QED) is 0.747. The summed E-state index contributed by atoms with van der Waals surface area (Å²) in [6.45, 7) is 1.36. The van der Waals surface area contributed by atoms with Gasteiger partial charge in [0.15, 0.2) is 6.54 Å². The van der Waals surface area contributed by atoms with E-state index in [-0.39, 0.29) is 0 Å². The van der Waals surface area contributed by atoms with Gasteiger partial charge in [-0.05, 0) is 30.3 Å². The molecule has 0 aliphatic carbocycles. The first-order valence-electron chi connectivity index (χ1n) is 7.67. The van der Waals surface area contributed by atoms with Crippen molar-refractivity contribution in [3.05, 3.63) is 65.0 Å². The highest BCUT2D eigenvalue weighted by Crippen LogP contribution is 2.22. The summed E-state index contributed by atoms with van der Waals surface area (Å²) in [5.41, 5.74) is 1.97. The van der Waals surface area contributed by atoms with Gasteiger partial charge >= 0.3 is 0 Å². The summed E-state index contributed by atoms with van der Waals surface area (Å²) in [5, 5.41) is 8.96. The predicted molar refractivity (Wildman–Crippen MR) is 92.0 cm³/mol. The lowest BCUT2D eigenvalue weighted by Crippen LogP contribution is -3.06. The molecule has 3 aromatic rings. The summed E-state index contributed by atoms with van der Waals surface area (Å²) < 4.78 is 11.1. The van der Waals surface area contributed by atoms with E-state index in [0.29, 0.717) is 23.3 Å². The van der Waals surface area contributed by atoms with Crippen LogP contribution in [-0.4, -0.2) is 24.4 Å². The Balaban J connectivity index is 1.69. The Labute approximate surface area is 145 Å². The minimum atomic E-state index is 0.540. The van der Waals surface area contributed by atoms with Gasteiger partial charge in [0, 0.05) is 16.1 Å². The van der Waals surface area contributed by atoms with E-state index in [0.717, 1.165) is 23.4 Å². The maximum absolute atomic E-state index is 6.08. The molecule has 0 bridgehead atoms. The highest BCUT2D eigenvalue weighted by Gasteiger charge is 2.15. The number of ether oxygens (including phenoxy) is 1. The molecule has 1 N–H and O–H groups in total. The largest absolute Gasteiger partial charge is 0.496 e. The number of quaternary nitrogens is 1. The number of nitrogens with one attached hydrogen (secondary N) is 1. The van der Waals surface area contributed by atoms with Gasteiger partial charge in [-0.1, -0.05) is 29.8 Å². The molecule has 124 valence electrons. The third kappa shape index (κ3) is 3.93. The smallest absolute Gasteiger partial charge is 0.271 e. The molecule has 0 spiro atoms. The number of hydrogen-bond donors (Lipinski definition) is 1. The van der Waals surface area contributed by atoms with Crippen molar-refractivity contribution in [3.8, 4) is 17.2 Å². The molecule has 5 nitrogen and oxygen atoms in total. The van der Waals surface area contributed by atoms with Crippen molar-refractivity contribution in [1.82, 2.24) is 10.2 Å². The van der Waals surface area contributed by atoms with Gasteiger partial charge in [-0.15, -0.1) is 10.2 Å². The van der Waals surface area contributed by atoms with E-state index in [9.17, 15) is 0 Å². The van der Waals surface area contributed by atoms with E-state index in [1.165, 1.54) is 4.90 Å². The van der Waals surface area contributed by atoms with Gasteiger partial charge in [-0.25, -0.2) is 0 Å². The number of aromatic nitrogens is 2. The van der Waals surface area contributed by atoms with Crippen LogP contribution < -0.4 is 9.64 Å². The lowest BCUT2D eigenvalue weighted by atomic mass is 10.2. The third-order valence-corrected chi connectivity index (χ3v) is 3.91. The molecular formula is C18H19ClN3O2+. The van der Waals surface area contributed by atoms with E-state index < -0.39 is 0 Å². The van der Waals surface area contributed by atoms with Gasteiger partial charge < -0.3 is 14.1 Å². The number of methoxy groups -OCH3 is 1. The first-order chi connectivity index (χ1) is 11.7. The number of rotatable bonds is 6. The molecule has 0 amide bonds. The predicted octanol–water partition coefficient (Wildman–Crippen LogP) is 2.61. The minimum Gasteiger partial charge on any atom is -0.496 e. The molecule has 1 aromatic heterocycles. The molecule has 0 aliphatic rings. The zero-order valence-corrected chi connectivity index (χ0v) is 14.4. The van der Waals surface area contributed by atoms with E-state index in [1.807, 2.05) is 48.5 Å². The molecular weight excluding hydrogens is 326 g/mol. The van der Waals surface area contributed by atoms with Gasteiger partial charge in [0.1, 0.15) is 12.3 Å². The highest BCUT2D eigenvalue weighted by molar-refractivity contribution is 6.30. The summed E-state index contributed by atoms with van der Waals surface area (Å²) in [7, 11) is 3.72. The normalized spacial score (nSPS) is 12.1. The van der Waals surface area contributed by atoms with E-state index in [1.54, 1.807) is 7.11 Å². The van der Waals surface area contributed by atoms with Crippen molar-refractivity contribution in [2.24, 2.45) is 0 Å². The second kappa shape index (κ2) is 7.47. The maximum atomic E-state index is 6.08. The van der Waals surface area contributed by atoms with Crippen molar-refractivity contribution in [3.63, 3.8) is 0 Å². The van der Waals surface area contributed by atoms with Gasteiger partial charge in [0.2, 0.25) is 5.89 Å². The molecule has 1 heterocycles. The van der Waals surface area contributed by atoms with Gasteiger partial charge in [-0.3, -0.25) is 0 Å².